The van der Waals surface area contributed by atoms with Gasteiger partial charge in [0.05, 0.1) is 13.2 Å². The minimum Gasteiger partial charge on any atom is -0.497 e. The van der Waals surface area contributed by atoms with Crippen LogP contribution in [-0.4, -0.2) is 35.2 Å². The van der Waals surface area contributed by atoms with E-state index in [2.05, 4.69) is 52.9 Å². The second kappa shape index (κ2) is 8.84. The largest absolute Gasteiger partial charge is 0.497 e. The Morgan fingerprint density at radius 3 is 2.12 bits per heavy atom. The van der Waals surface area contributed by atoms with E-state index >= 15 is 0 Å². The van der Waals surface area contributed by atoms with E-state index in [0.717, 1.165) is 17.9 Å². The summed E-state index contributed by atoms with van der Waals surface area (Å²) in [6, 6.07) is 8.01. The molecule has 0 spiro atoms. The minimum atomic E-state index is -1.72. The van der Waals surface area contributed by atoms with E-state index in [1.54, 1.807) is 14.2 Å². The van der Waals surface area contributed by atoms with Gasteiger partial charge in [0.1, 0.15) is 5.75 Å². The Morgan fingerprint density at radius 2 is 1.67 bits per heavy atom. The highest BCUT2D eigenvalue weighted by molar-refractivity contribution is 6.74. The van der Waals surface area contributed by atoms with Crippen LogP contribution in [0.25, 0.3) is 6.08 Å². The molecule has 2 atom stereocenters. The molecule has 1 rings (SSSR count). The van der Waals surface area contributed by atoms with Crippen molar-refractivity contribution in [3.63, 3.8) is 0 Å². The van der Waals surface area contributed by atoms with Gasteiger partial charge in [-0.15, -0.1) is 0 Å². The van der Waals surface area contributed by atoms with Gasteiger partial charge in [-0.3, -0.25) is 0 Å². The third kappa shape index (κ3) is 6.08. The Kier molecular flexibility index (Phi) is 7.71. The van der Waals surface area contributed by atoms with Gasteiger partial charge >= 0.3 is 0 Å². The summed E-state index contributed by atoms with van der Waals surface area (Å²) in [5.41, 5.74) is 1.13. The average molecular weight is 351 g/mol. The molecule has 0 amide bonds. The zero-order chi connectivity index (χ0) is 18.4. The first-order chi connectivity index (χ1) is 11.1. The van der Waals surface area contributed by atoms with Crippen LogP contribution < -0.4 is 4.74 Å². The number of benzene rings is 1. The third-order valence-corrected chi connectivity index (χ3v) is 9.44. The lowest BCUT2D eigenvalue weighted by molar-refractivity contribution is 0.0697. The average Bonchev–Trinajstić information content (AvgIpc) is 2.53. The fraction of sp³-hybridized carbons (Fsp3) is 0.600. The normalized spacial score (nSPS) is 15.5. The van der Waals surface area contributed by atoms with Crippen molar-refractivity contribution in [1.82, 2.24) is 0 Å². The summed E-state index contributed by atoms with van der Waals surface area (Å²) >= 11 is 0. The topological polar surface area (TPSA) is 27.7 Å². The van der Waals surface area contributed by atoms with Crippen molar-refractivity contribution >= 4 is 14.4 Å². The number of ether oxygens (including phenoxy) is 2. The van der Waals surface area contributed by atoms with E-state index < -0.39 is 8.32 Å². The fourth-order valence-corrected chi connectivity index (χ4v) is 3.19. The van der Waals surface area contributed by atoms with Crippen molar-refractivity contribution < 1.29 is 13.9 Å². The summed E-state index contributed by atoms with van der Waals surface area (Å²) in [6.07, 6.45) is 4.25. The summed E-state index contributed by atoms with van der Waals surface area (Å²) < 4.78 is 17.2. The van der Waals surface area contributed by atoms with Crippen LogP contribution in [0.5, 0.6) is 5.75 Å². The maximum absolute atomic E-state index is 6.33. The summed E-state index contributed by atoms with van der Waals surface area (Å²) in [5.74, 6) is 1.17. The highest BCUT2D eigenvalue weighted by Gasteiger charge is 2.37. The molecule has 0 aliphatic rings. The van der Waals surface area contributed by atoms with Crippen LogP contribution in [-0.2, 0) is 9.16 Å². The van der Waals surface area contributed by atoms with E-state index in [0.29, 0.717) is 5.92 Å². The number of rotatable bonds is 8. The van der Waals surface area contributed by atoms with Crippen LogP contribution >= 0.6 is 0 Å². The molecule has 0 aromatic heterocycles. The van der Waals surface area contributed by atoms with Gasteiger partial charge in [0.25, 0.3) is 0 Å². The van der Waals surface area contributed by atoms with Crippen LogP contribution in [0.1, 0.15) is 33.3 Å². The Labute approximate surface area is 149 Å². The highest BCUT2D eigenvalue weighted by atomic mass is 28.4. The lowest BCUT2D eigenvalue weighted by Crippen LogP contribution is -2.42. The van der Waals surface area contributed by atoms with Gasteiger partial charge in [-0.05, 0) is 35.8 Å². The molecule has 0 fully saturated rings. The molecule has 0 saturated carbocycles. The zero-order valence-corrected chi connectivity index (χ0v) is 17.6. The van der Waals surface area contributed by atoms with Gasteiger partial charge in [-0.1, -0.05) is 52.0 Å². The number of methoxy groups -OCH3 is 2. The van der Waals surface area contributed by atoms with Gasteiger partial charge in [-0.2, -0.15) is 0 Å². The molecule has 0 heterocycles. The Morgan fingerprint density at radius 1 is 1.08 bits per heavy atom. The maximum atomic E-state index is 6.33. The number of hydrogen-bond donors (Lipinski definition) is 0. The lowest BCUT2D eigenvalue weighted by atomic mass is 10.0. The highest BCUT2D eigenvalue weighted by Crippen LogP contribution is 2.37. The molecule has 0 radical (unpaired) electrons. The standard InChI is InChI=1S/C20H34O3Si/c1-16(15-23-24(7,8)20(2,3)4)19(22-6)14-11-17-9-12-18(21-5)13-10-17/h9-14,16,19H,15H2,1-8H3/b14-11+/t16-,19-/m0/s1. The predicted molar refractivity (Wildman–Crippen MR) is 105 cm³/mol. The minimum absolute atomic E-state index is 0.0388. The summed E-state index contributed by atoms with van der Waals surface area (Å²) in [4.78, 5) is 0. The van der Waals surface area contributed by atoms with E-state index in [4.69, 9.17) is 13.9 Å². The van der Waals surface area contributed by atoms with Crippen LogP contribution in [0.15, 0.2) is 30.3 Å². The quantitative estimate of drug-likeness (QED) is 0.589. The molecule has 136 valence electrons. The first-order valence-electron chi connectivity index (χ1n) is 8.59. The zero-order valence-electron chi connectivity index (χ0n) is 16.6. The Balaban J connectivity index is 2.66. The molecule has 1 aromatic carbocycles. The van der Waals surface area contributed by atoms with E-state index in [9.17, 15) is 0 Å². The van der Waals surface area contributed by atoms with Crippen LogP contribution in [0, 0.1) is 5.92 Å². The van der Waals surface area contributed by atoms with Gasteiger partial charge < -0.3 is 13.9 Å². The lowest BCUT2D eigenvalue weighted by Gasteiger charge is -2.37. The van der Waals surface area contributed by atoms with Crippen molar-refractivity contribution in [2.75, 3.05) is 20.8 Å². The molecule has 0 saturated heterocycles. The molecule has 3 nitrogen and oxygen atoms in total. The summed E-state index contributed by atoms with van der Waals surface area (Å²) in [6.45, 7) is 14.3. The van der Waals surface area contributed by atoms with Crippen LogP contribution in [0.2, 0.25) is 18.1 Å². The van der Waals surface area contributed by atoms with Gasteiger partial charge in [-0.25, -0.2) is 0 Å². The fourth-order valence-electron chi connectivity index (χ4n) is 2.07. The molecular weight excluding hydrogens is 316 g/mol. The molecule has 4 heteroatoms. The predicted octanol–water partition coefficient (Wildman–Crippen LogP) is 5.38. The van der Waals surface area contributed by atoms with E-state index in [1.165, 1.54) is 0 Å². The molecule has 0 N–H and O–H groups in total. The van der Waals surface area contributed by atoms with E-state index in [-0.39, 0.29) is 11.1 Å². The van der Waals surface area contributed by atoms with Gasteiger partial charge in [0.15, 0.2) is 8.32 Å². The SMILES string of the molecule is COc1ccc(/C=C/[C@H](OC)[C@@H](C)CO[Si](C)(C)C(C)(C)C)cc1. The Hall–Kier alpha value is -1.10. The van der Waals surface area contributed by atoms with Crippen molar-refractivity contribution in [2.24, 2.45) is 5.92 Å². The van der Waals surface area contributed by atoms with E-state index in [1.807, 2.05) is 24.3 Å². The molecule has 1 aromatic rings. The second-order valence-corrected chi connectivity index (χ2v) is 12.7. The first kappa shape index (κ1) is 20.9. The van der Waals surface area contributed by atoms with Crippen molar-refractivity contribution in [1.29, 1.82) is 0 Å². The molecule has 0 unspecified atom stereocenters. The van der Waals surface area contributed by atoms with Gasteiger partial charge in [0, 0.05) is 19.6 Å². The molecule has 24 heavy (non-hydrogen) atoms. The van der Waals surface area contributed by atoms with Crippen LogP contribution in [0.3, 0.4) is 0 Å². The molecule has 0 bridgehead atoms. The molecule has 0 aliphatic carbocycles. The first-order valence-corrected chi connectivity index (χ1v) is 11.5. The maximum Gasteiger partial charge on any atom is 0.191 e. The monoisotopic (exact) mass is 350 g/mol. The Bertz CT molecular complexity index is 515. The van der Waals surface area contributed by atoms with Gasteiger partial charge in [0.2, 0.25) is 0 Å². The molecule has 0 aliphatic heterocycles. The van der Waals surface area contributed by atoms with Crippen LogP contribution in [0.4, 0.5) is 0 Å². The number of hydrogen-bond acceptors (Lipinski definition) is 3. The van der Waals surface area contributed by atoms with Crippen molar-refractivity contribution in [2.45, 2.75) is 51.9 Å². The second-order valence-electron chi connectivity index (χ2n) is 7.88. The van der Waals surface area contributed by atoms with Crippen molar-refractivity contribution in [3.8, 4) is 5.75 Å². The van der Waals surface area contributed by atoms with Crippen molar-refractivity contribution in [3.05, 3.63) is 35.9 Å². The summed E-state index contributed by atoms with van der Waals surface area (Å²) in [5, 5.41) is 0.230. The summed E-state index contributed by atoms with van der Waals surface area (Å²) in [7, 11) is 1.71. The smallest absolute Gasteiger partial charge is 0.191 e. The molecular formula is C20H34O3Si. The third-order valence-electron chi connectivity index (χ3n) is 4.94.